The fourth-order valence-corrected chi connectivity index (χ4v) is 3.56. The van der Waals surface area contributed by atoms with Gasteiger partial charge in [0, 0.05) is 4.70 Å². The van der Waals surface area contributed by atoms with E-state index in [1.807, 2.05) is 0 Å². The lowest BCUT2D eigenvalue weighted by Crippen LogP contribution is -2.09. The third-order valence-electron chi connectivity index (χ3n) is 2.75. The Morgan fingerprint density at radius 3 is 2.65 bits per heavy atom. The maximum atomic E-state index is 6.28. The van der Waals surface area contributed by atoms with Crippen LogP contribution < -0.4 is 5.73 Å². The van der Waals surface area contributed by atoms with Gasteiger partial charge in [0.1, 0.15) is 0 Å². The summed E-state index contributed by atoms with van der Waals surface area (Å²) in [5.74, 6) is 0. The first-order valence-corrected chi connectivity index (χ1v) is 6.92. The van der Waals surface area contributed by atoms with E-state index in [-0.39, 0.29) is 18.4 Å². The first kappa shape index (κ1) is 12.6. The summed E-state index contributed by atoms with van der Waals surface area (Å²) in [5.41, 5.74) is 8.72. The minimum atomic E-state index is 0. The van der Waals surface area contributed by atoms with Crippen LogP contribution in [0.5, 0.6) is 0 Å². The fourth-order valence-electron chi connectivity index (χ4n) is 1.87. The number of fused-ring (bicyclic) bond motifs is 1. The van der Waals surface area contributed by atoms with Crippen molar-refractivity contribution in [3.8, 4) is 0 Å². The molecule has 1 atom stereocenters. The van der Waals surface area contributed by atoms with Gasteiger partial charge in [-0.3, -0.25) is 0 Å². The van der Waals surface area contributed by atoms with Gasteiger partial charge in [0.25, 0.3) is 0 Å². The fraction of sp³-hybridized carbons (Fsp3) is 0.0769. The maximum Gasteiger partial charge on any atom is 0.0574 e. The van der Waals surface area contributed by atoms with Crippen molar-refractivity contribution in [3.05, 3.63) is 57.6 Å². The van der Waals surface area contributed by atoms with Crippen LogP contribution in [0.1, 0.15) is 17.2 Å². The van der Waals surface area contributed by atoms with Gasteiger partial charge in [-0.2, -0.15) is 11.3 Å². The summed E-state index contributed by atoms with van der Waals surface area (Å²) >= 11 is 3.46. The summed E-state index contributed by atoms with van der Waals surface area (Å²) in [6.45, 7) is 0. The normalized spacial score (nSPS) is 12.3. The highest BCUT2D eigenvalue weighted by Gasteiger charge is 2.13. The first-order chi connectivity index (χ1) is 7.86. The Morgan fingerprint density at radius 2 is 1.88 bits per heavy atom. The molecule has 2 N–H and O–H groups in total. The molecule has 3 aromatic rings. The summed E-state index contributed by atoms with van der Waals surface area (Å²) in [6.07, 6.45) is 0. The summed E-state index contributed by atoms with van der Waals surface area (Å²) in [6, 6.07) is 10.5. The molecule has 0 aliphatic heterocycles. The van der Waals surface area contributed by atoms with Crippen LogP contribution in [-0.4, -0.2) is 0 Å². The molecule has 0 saturated heterocycles. The van der Waals surface area contributed by atoms with Crippen molar-refractivity contribution < 1.29 is 0 Å². The average Bonchev–Trinajstić information content (AvgIpc) is 2.98. The number of nitrogens with two attached hydrogens (primary N) is 1. The van der Waals surface area contributed by atoms with Crippen LogP contribution in [0.4, 0.5) is 0 Å². The van der Waals surface area contributed by atoms with E-state index in [4.69, 9.17) is 5.73 Å². The molecule has 0 unspecified atom stereocenters. The zero-order chi connectivity index (χ0) is 11.0. The third kappa shape index (κ3) is 2.24. The number of hydrogen-bond donors (Lipinski definition) is 1. The molecule has 0 fully saturated rings. The Kier molecular flexibility index (Phi) is 3.84. The zero-order valence-corrected chi connectivity index (χ0v) is 11.4. The van der Waals surface area contributed by atoms with Gasteiger partial charge in [0.15, 0.2) is 0 Å². The molecule has 3 rings (SSSR count). The highest BCUT2D eigenvalue weighted by atomic mass is 35.5. The molecule has 0 spiro atoms. The second-order valence-electron chi connectivity index (χ2n) is 3.72. The van der Waals surface area contributed by atoms with E-state index in [0.717, 1.165) is 0 Å². The second kappa shape index (κ2) is 5.19. The van der Waals surface area contributed by atoms with Crippen molar-refractivity contribution in [1.82, 2.24) is 0 Å². The molecule has 0 bridgehead atoms. The summed E-state index contributed by atoms with van der Waals surface area (Å²) in [7, 11) is 0. The number of rotatable bonds is 2. The first-order valence-electron chi connectivity index (χ1n) is 5.10. The van der Waals surface area contributed by atoms with Crippen molar-refractivity contribution in [1.29, 1.82) is 0 Å². The van der Waals surface area contributed by atoms with Crippen LogP contribution in [0.15, 0.2) is 46.5 Å². The predicted molar refractivity (Wildman–Crippen MR) is 79.4 cm³/mol. The maximum absolute atomic E-state index is 6.28. The standard InChI is InChI=1S/C13H11NS2.ClH/c14-13(9-5-6-15-7-9)11-8-16-12-4-2-1-3-10(11)12;/h1-8,13H,14H2;1H/t13-;/m0./s1. The number of benzene rings is 1. The summed E-state index contributed by atoms with van der Waals surface area (Å²) in [4.78, 5) is 0. The number of thiophene rings is 2. The molecule has 0 amide bonds. The third-order valence-corrected chi connectivity index (χ3v) is 4.43. The van der Waals surface area contributed by atoms with E-state index < -0.39 is 0 Å². The lowest BCUT2D eigenvalue weighted by Gasteiger charge is -2.08. The van der Waals surface area contributed by atoms with Crippen LogP contribution in [0, 0.1) is 0 Å². The van der Waals surface area contributed by atoms with Gasteiger partial charge in [0.05, 0.1) is 6.04 Å². The molecule has 17 heavy (non-hydrogen) atoms. The minimum absolute atomic E-state index is 0. The van der Waals surface area contributed by atoms with Crippen molar-refractivity contribution in [2.24, 2.45) is 5.73 Å². The zero-order valence-electron chi connectivity index (χ0n) is 9.00. The van der Waals surface area contributed by atoms with Crippen molar-refractivity contribution >= 4 is 45.2 Å². The van der Waals surface area contributed by atoms with Crippen molar-refractivity contribution in [3.63, 3.8) is 0 Å². The van der Waals surface area contributed by atoms with Gasteiger partial charge < -0.3 is 5.73 Å². The molecule has 88 valence electrons. The van der Waals surface area contributed by atoms with Crippen LogP contribution in [0.3, 0.4) is 0 Å². The molecule has 2 aromatic heterocycles. The lowest BCUT2D eigenvalue weighted by molar-refractivity contribution is 0.890. The molecule has 0 aliphatic carbocycles. The Labute approximate surface area is 114 Å². The number of halogens is 1. The molecule has 1 nitrogen and oxygen atoms in total. The Balaban J connectivity index is 0.00000108. The monoisotopic (exact) mass is 281 g/mol. The SMILES string of the molecule is Cl.N[C@@H](c1ccsc1)c1csc2ccccc12. The van der Waals surface area contributed by atoms with Crippen LogP contribution in [-0.2, 0) is 0 Å². The molecular weight excluding hydrogens is 270 g/mol. The molecule has 4 heteroatoms. The lowest BCUT2D eigenvalue weighted by atomic mass is 10.0. The predicted octanol–water partition coefficient (Wildman–Crippen LogP) is 4.43. The van der Waals surface area contributed by atoms with E-state index in [2.05, 4.69) is 46.5 Å². The number of hydrogen-bond acceptors (Lipinski definition) is 3. The van der Waals surface area contributed by atoms with Crippen LogP contribution in [0.25, 0.3) is 10.1 Å². The summed E-state index contributed by atoms with van der Waals surface area (Å²) < 4.78 is 1.31. The summed E-state index contributed by atoms with van der Waals surface area (Å²) in [5, 5.41) is 7.65. The minimum Gasteiger partial charge on any atom is -0.320 e. The van der Waals surface area contributed by atoms with Gasteiger partial charge in [-0.25, -0.2) is 0 Å². The van der Waals surface area contributed by atoms with Crippen molar-refractivity contribution in [2.75, 3.05) is 0 Å². The molecule has 0 radical (unpaired) electrons. The molecular formula is C13H12ClNS2. The largest absolute Gasteiger partial charge is 0.320 e. The highest BCUT2D eigenvalue weighted by Crippen LogP contribution is 2.32. The molecule has 2 heterocycles. The van der Waals surface area contributed by atoms with Crippen LogP contribution in [0.2, 0.25) is 0 Å². The van der Waals surface area contributed by atoms with Gasteiger partial charge >= 0.3 is 0 Å². The Bertz CT molecular complexity index is 601. The molecule has 0 aliphatic rings. The van der Waals surface area contributed by atoms with E-state index in [0.29, 0.717) is 0 Å². The van der Waals surface area contributed by atoms with Gasteiger partial charge in [0.2, 0.25) is 0 Å². The smallest absolute Gasteiger partial charge is 0.0574 e. The van der Waals surface area contributed by atoms with Gasteiger partial charge in [-0.05, 0) is 44.8 Å². The Morgan fingerprint density at radius 1 is 1.06 bits per heavy atom. The topological polar surface area (TPSA) is 26.0 Å². The van der Waals surface area contributed by atoms with Gasteiger partial charge in [-0.15, -0.1) is 23.7 Å². The molecule has 1 aromatic carbocycles. The van der Waals surface area contributed by atoms with Gasteiger partial charge in [-0.1, -0.05) is 18.2 Å². The van der Waals surface area contributed by atoms with E-state index >= 15 is 0 Å². The highest BCUT2D eigenvalue weighted by molar-refractivity contribution is 7.17. The van der Waals surface area contributed by atoms with E-state index in [9.17, 15) is 0 Å². The average molecular weight is 282 g/mol. The van der Waals surface area contributed by atoms with E-state index in [1.54, 1.807) is 22.7 Å². The van der Waals surface area contributed by atoms with Crippen LogP contribution >= 0.6 is 35.1 Å². The Hall–Kier alpha value is -0.870. The van der Waals surface area contributed by atoms with Crippen molar-refractivity contribution in [2.45, 2.75) is 6.04 Å². The second-order valence-corrected chi connectivity index (χ2v) is 5.41. The van der Waals surface area contributed by atoms with E-state index in [1.165, 1.54) is 21.2 Å². The molecule has 0 saturated carbocycles. The quantitative estimate of drug-likeness (QED) is 0.739.